The van der Waals surface area contributed by atoms with Crippen LogP contribution in [0.4, 0.5) is 0 Å². The Hall–Kier alpha value is -0.810. The molecule has 0 saturated carbocycles. The minimum atomic E-state index is -0.367. The first-order chi connectivity index (χ1) is 8.34. The van der Waals surface area contributed by atoms with Gasteiger partial charge in [-0.05, 0) is 35.2 Å². The van der Waals surface area contributed by atoms with Gasteiger partial charge in [0.1, 0.15) is 6.61 Å². The molecule has 18 heavy (non-hydrogen) atoms. The van der Waals surface area contributed by atoms with Gasteiger partial charge in [-0.25, -0.2) is 4.98 Å². The van der Waals surface area contributed by atoms with Crippen LogP contribution in [0.2, 0.25) is 0 Å². The summed E-state index contributed by atoms with van der Waals surface area (Å²) in [5, 5.41) is 0. The van der Waals surface area contributed by atoms with Gasteiger partial charge in [-0.2, -0.15) is 0 Å². The molecule has 0 fully saturated rings. The predicted molar refractivity (Wildman–Crippen MR) is 76.0 cm³/mol. The summed E-state index contributed by atoms with van der Waals surface area (Å²) in [5.41, 5.74) is 5.82. The van der Waals surface area contributed by atoms with Crippen LogP contribution in [0, 0.1) is 5.92 Å². The van der Waals surface area contributed by atoms with Crippen LogP contribution in [-0.4, -0.2) is 24.2 Å². The molecule has 1 aromatic rings. The highest BCUT2D eigenvalue weighted by Gasteiger charge is 2.22. The summed E-state index contributed by atoms with van der Waals surface area (Å²) >= 11 is 3.34. The largest absolute Gasteiger partial charge is 0.491 e. The molecular formula is C13H21BrN2O2. The van der Waals surface area contributed by atoms with Gasteiger partial charge < -0.3 is 15.2 Å². The Labute approximate surface area is 117 Å². The molecule has 0 aliphatic heterocycles. The number of hydrogen-bond acceptors (Lipinski definition) is 4. The monoisotopic (exact) mass is 316 g/mol. The lowest BCUT2D eigenvalue weighted by Gasteiger charge is -2.26. The third-order valence-electron chi connectivity index (χ3n) is 2.42. The van der Waals surface area contributed by atoms with Crippen molar-refractivity contribution in [2.45, 2.75) is 32.7 Å². The molecule has 1 atom stereocenters. The van der Waals surface area contributed by atoms with Crippen molar-refractivity contribution >= 4 is 15.9 Å². The van der Waals surface area contributed by atoms with Crippen molar-refractivity contribution in [2.75, 3.05) is 13.7 Å². The number of pyridine rings is 1. The molecule has 0 bridgehead atoms. The Morgan fingerprint density at radius 2 is 2.17 bits per heavy atom. The normalized spacial score (nSPS) is 14.4. The van der Waals surface area contributed by atoms with Crippen LogP contribution in [0.3, 0.4) is 0 Å². The van der Waals surface area contributed by atoms with Gasteiger partial charge in [0.05, 0.1) is 7.11 Å². The molecule has 0 saturated heterocycles. The van der Waals surface area contributed by atoms with Gasteiger partial charge in [-0.3, -0.25) is 0 Å². The van der Waals surface area contributed by atoms with Crippen molar-refractivity contribution < 1.29 is 9.47 Å². The lowest BCUT2D eigenvalue weighted by molar-refractivity contribution is 0.193. The number of methoxy groups -OCH3 is 1. The van der Waals surface area contributed by atoms with Crippen LogP contribution in [0.5, 0.6) is 11.6 Å². The van der Waals surface area contributed by atoms with Gasteiger partial charge in [-0.15, -0.1) is 0 Å². The zero-order chi connectivity index (χ0) is 13.8. The van der Waals surface area contributed by atoms with Gasteiger partial charge in [0.15, 0.2) is 5.75 Å². The van der Waals surface area contributed by atoms with Crippen LogP contribution >= 0.6 is 15.9 Å². The average molecular weight is 317 g/mol. The molecule has 0 spiro atoms. The first-order valence-electron chi connectivity index (χ1n) is 5.95. The molecule has 1 heterocycles. The number of rotatable bonds is 6. The molecule has 0 radical (unpaired) electrons. The molecule has 1 aromatic heterocycles. The highest BCUT2D eigenvalue weighted by Crippen LogP contribution is 2.28. The van der Waals surface area contributed by atoms with Crippen LogP contribution in [0.25, 0.3) is 0 Å². The number of nitrogens with zero attached hydrogens (tertiary/aromatic N) is 1. The smallest absolute Gasteiger partial charge is 0.257 e. The number of ether oxygens (including phenoxy) is 2. The third-order valence-corrected chi connectivity index (χ3v) is 2.85. The number of halogens is 1. The highest BCUT2D eigenvalue weighted by atomic mass is 79.9. The minimum absolute atomic E-state index is 0.367. The summed E-state index contributed by atoms with van der Waals surface area (Å²) in [4.78, 5) is 4.18. The van der Waals surface area contributed by atoms with Crippen molar-refractivity contribution in [1.29, 1.82) is 0 Å². The average Bonchev–Trinajstić information content (AvgIpc) is 2.25. The summed E-state index contributed by atoms with van der Waals surface area (Å²) in [6.07, 6.45) is 2.57. The van der Waals surface area contributed by atoms with E-state index < -0.39 is 0 Å². The highest BCUT2D eigenvalue weighted by molar-refractivity contribution is 9.10. The SMILES string of the molecule is COc1cc(Br)cnc1OCC(C)(N)CC(C)C. The second kappa shape index (κ2) is 6.38. The van der Waals surface area contributed by atoms with Gasteiger partial charge in [0.25, 0.3) is 5.88 Å². The van der Waals surface area contributed by atoms with Crippen molar-refractivity contribution in [3.05, 3.63) is 16.7 Å². The molecule has 5 heteroatoms. The van der Waals surface area contributed by atoms with Crippen LogP contribution in [0.1, 0.15) is 27.2 Å². The van der Waals surface area contributed by atoms with Gasteiger partial charge in [0, 0.05) is 22.3 Å². The Bertz CT molecular complexity index is 395. The summed E-state index contributed by atoms with van der Waals surface area (Å²) in [7, 11) is 1.59. The first kappa shape index (κ1) is 15.2. The van der Waals surface area contributed by atoms with E-state index in [2.05, 4.69) is 34.8 Å². The molecule has 0 amide bonds. The second-order valence-corrected chi connectivity index (χ2v) is 6.12. The van der Waals surface area contributed by atoms with Crippen LogP contribution in [-0.2, 0) is 0 Å². The van der Waals surface area contributed by atoms with Gasteiger partial charge in [-0.1, -0.05) is 13.8 Å². The molecule has 0 aliphatic carbocycles. The minimum Gasteiger partial charge on any atom is -0.491 e. The molecule has 4 nitrogen and oxygen atoms in total. The van der Waals surface area contributed by atoms with Crippen LogP contribution in [0.15, 0.2) is 16.7 Å². The maximum atomic E-state index is 6.18. The van der Waals surface area contributed by atoms with Crippen molar-refractivity contribution in [3.63, 3.8) is 0 Å². The third kappa shape index (κ3) is 4.82. The first-order valence-corrected chi connectivity index (χ1v) is 6.74. The molecule has 102 valence electrons. The maximum absolute atomic E-state index is 6.18. The lowest BCUT2D eigenvalue weighted by Crippen LogP contribution is -2.43. The van der Waals surface area contributed by atoms with Crippen molar-refractivity contribution in [3.8, 4) is 11.6 Å². The number of nitrogens with two attached hydrogens (primary N) is 1. The van der Waals surface area contributed by atoms with E-state index in [4.69, 9.17) is 15.2 Å². The Balaban J connectivity index is 2.68. The standard InChI is InChI=1S/C13H21BrN2O2/c1-9(2)6-13(3,15)8-18-12-11(17-4)5-10(14)7-16-12/h5,7,9H,6,8,15H2,1-4H3. The number of hydrogen-bond donors (Lipinski definition) is 1. The van der Waals surface area contributed by atoms with Crippen molar-refractivity contribution in [2.24, 2.45) is 11.7 Å². The Morgan fingerprint density at radius 3 is 2.72 bits per heavy atom. The molecule has 0 aliphatic rings. The summed E-state index contributed by atoms with van der Waals surface area (Å²) in [5.74, 6) is 1.61. The van der Waals surface area contributed by atoms with E-state index in [0.29, 0.717) is 24.2 Å². The fourth-order valence-electron chi connectivity index (χ4n) is 1.89. The van der Waals surface area contributed by atoms with E-state index in [1.165, 1.54) is 0 Å². The van der Waals surface area contributed by atoms with Gasteiger partial charge in [0.2, 0.25) is 0 Å². The molecule has 0 aromatic carbocycles. The fraction of sp³-hybridized carbons (Fsp3) is 0.615. The Kier molecular flexibility index (Phi) is 5.41. The van der Waals surface area contributed by atoms with E-state index in [1.807, 2.05) is 13.0 Å². The molecule has 1 unspecified atom stereocenters. The predicted octanol–water partition coefficient (Wildman–Crippen LogP) is 3.00. The molecule has 1 rings (SSSR count). The topological polar surface area (TPSA) is 57.4 Å². The molecule has 2 N–H and O–H groups in total. The van der Waals surface area contributed by atoms with Crippen molar-refractivity contribution in [1.82, 2.24) is 4.98 Å². The fourth-order valence-corrected chi connectivity index (χ4v) is 2.20. The Morgan fingerprint density at radius 1 is 1.50 bits per heavy atom. The number of aromatic nitrogens is 1. The zero-order valence-corrected chi connectivity index (χ0v) is 13.0. The van der Waals surface area contributed by atoms with Crippen LogP contribution < -0.4 is 15.2 Å². The van der Waals surface area contributed by atoms with E-state index >= 15 is 0 Å². The van der Waals surface area contributed by atoms with E-state index in [0.717, 1.165) is 10.9 Å². The quantitative estimate of drug-likeness (QED) is 0.876. The van der Waals surface area contributed by atoms with E-state index in [9.17, 15) is 0 Å². The second-order valence-electron chi connectivity index (χ2n) is 5.20. The zero-order valence-electron chi connectivity index (χ0n) is 11.4. The van der Waals surface area contributed by atoms with Gasteiger partial charge >= 0.3 is 0 Å². The van der Waals surface area contributed by atoms with E-state index in [-0.39, 0.29) is 5.54 Å². The summed E-state index contributed by atoms with van der Waals surface area (Å²) in [6.45, 7) is 6.68. The lowest BCUT2D eigenvalue weighted by atomic mass is 9.93. The molecular weight excluding hydrogens is 296 g/mol. The van der Waals surface area contributed by atoms with E-state index in [1.54, 1.807) is 13.3 Å². The summed E-state index contributed by atoms with van der Waals surface area (Å²) in [6, 6.07) is 1.82. The maximum Gasteiger partial charge on any atom is 0.257 e. The summed E-state index contributed by atoms with van der Waals surface area (Å²) < 4.78 is 11.7.